The van der Waals surface area contributed by atoms with Gasteiger partial charge in [-0.15, -0.1) is 0 Å². The highest BCUT2D eigenvalue weighted by molar-refractivity contribution is 5.39. The molecule has 0 unspecified atom stereocenters. The number of aromatic amines is 1. The molecule has 0 amide bonds. The van der Waals surface area contributed by atoms with Gasteiger partial charge in [0.1, 0.15) is 23.9 Å². The Morgan fingerprint density at radius 1 is 0.926 bits per heavy atom. The number of nitrogens with one attached hydrogen (secondary N) is 1. The monoisotopic (exact) mass is 375 g/mol. The van der Waals surface area contributed by atoms with Crippen molar-refractivity contribution >= 4 is 0 Å². The first-order valence-electron chi connectivity index (χ1n) is 8.07. The fraction of sp³-hybridized carbons (Fsp3) is 0.150. The highest BCUT2D eigenvalue weighted by Gasteiger charge is 2.32. The number of rotatable bonds is 5. The van der Waals surface area contributed by atoms with Gasteiger partial charge in [0, 0.05) is 12.3 Å². The molecule has 0 saturated heterocycles. The molecule has 0 fully saturated rings. The Bertz CT molecular complexity index is 979. The molecule has 0 aliphatic rings. The predicted molar refractivity (Wildman–Crippen MR) is 94.1 cm³/mol. The van der Waals surface area contributed by atoms with Crippen molar-refractivity contribution < 1.29 is 22.6 Å². The Kier molecular flexibility index (Phi) is 5.21. The summed E-state index contributed by atoms with van der Waals surface area (Å²) in [4.78, 5) is 13.7. The molecular formula is C20H16F3NO3. The second kappa shape index (κ2) is 7.57. The second-order valence-electron chi connectivity index (χ2n) is 5.90. The zero-order valence-corrected chi connectivity index (χ0v) is 14.3. The first-order chi connectivity index (χ1) is 12.8. The number of halogens is 3. The Morgan fingerprint density at radius 3 is 2.30 bits per heavy atom. The molecule has 27 heavy (non-hydrogen) atoms. The lowest BCUT2D eigenvalue weighted by Gasteiger charge is -2.13. The SMILES string of the molecule is Cc1ccc(Oc2ccc(COc3cc[nH]c(=O)c3)cc2)cc1C(F)(F)F. The van der Waals surface area contributed by atoms with Crippen molar-refractivity contribution in [3.63, 3.8) is 0 Å². The van der Waals surface area contributed by atoms with Crippen LogP contribution in [-0.4, -0.2) is 4.98 Å². The van der Waals surface area contributed by atoms with Crippen molar-refractivity contribution in [3.8, 4) is 17.2 Å². The van der Waals surface area contributed by atoms with E-state index in [4.69, 9.17) is 9.47 Å². The lowest BCUT2D eigenvalue weighted by molar-refractivity contribution is -0.138. The van der Waals surface area contributed by atoms with E-state index in [1.165, 1.54) is 31.3 Å². The summed E-state index contributed by atoms with van der Waals surface area (Å²) in [5, 5.41) is 0. The summed E-state index contributed by atoms with van der Waals surface area (Å²) in [5.41, 5.74) is -0.0138. The molecule has 3 aromatic rings. The maximum Gasteiger partial charge on any atom is 0.416 e. The number of hydrogen-bond acceptors (Lipinski definition) is 3. The Hall–Kier alpha value is -3.22. The van der Waals surface area contributed by atoms with Crippen LogP contribution in [0.2, 0.25) is 0 Å². The number of benzene rings is 2. The Labute approximate surface area is 153 Å². The average molecular weight is 375 g/mol. The summed E-state index contributed by atoms with van der Waals surface area (Å²) >= 11 is 0. The van der Waals surface area contributed by atoms with Gasteiger partial charge in [0.15, 0.2) is 0 Å². The van der Waals surface area contributed by atoms with Gasteiger partial charge in [0.05, 0.1) is 5.56 Å². The molecule has 0 bridgehead atoms. The quantitative estimate of drug-likeness (QED) is 0.677. The van der Waals surface area contributed by atoms with Crippen molar-refractivity contribution in [2.75, 3.05) is 0 Å². The molecule has 7 heteroatoms. The standard InChI is InChI=1S/C20H16F3NO3/c1-13-2-5-17(10-18(13)20(21,22)23)27-15-6-3-14(4-7-15)12-26-16-8-9-24-19(25)11-16/h2-11H,12H2,1H3,(H,24,25). The van der Waals surface area contributed by atoms with E-state index in [1.807, 2.05) is 0 Å². The summed E-state index contributed by atoms with van der Waals surface area (Å²) in [6.07, 6.45) is -2.94. The van der Waals surface area contributed by atoms with Crippen LogP contribution in [0.5, 0.6) is 17.2 Å². The third-order valence-electron chi connectivity index (χ3n) is 3.83. The highest BCUT2D eigenvalue weighted by atomic mass is 19.4. The van der Waals surface area contributed by atoms with Gasteiger partial charge < -0.3 is 14.5 Å². The fourth-order valence-electron chi connectivity index (χ4n) is 2.44. The van der Waals surface area contributed by atoms with Crippen LogP contribution in [-0.2, 0) is 12.8 Å². The molecule has 0 saturated carbocycles. The molecule has 140 valence electrons. The third-order valence-corrected chi connectivity index (χ3v) is 3.83. The Morgan fingerprint density at radius 2 is 1.63 bits per heavy atom. The van der Waals surface area contributed by atoms with Gasteiger partial charge in [-0.1, -0.05) is 18.2 Å². The van der Waals surface area contributed by atoms with E-state index in [-0.39, 0.29) is 23.5 Å². The predicted octanol–water partition coefficient (Wildman–Crippen LogP) is 5.07. The largest absolute Gasteiger partial charge is 0.489 e. The molecule has 0 aliphatic carbocycles. The van der Waals surface area contributed by atoms with Crippen LogP contribution in [0.15, 0.2) is 65.6 Å². The molecule has 3 rings (SSSR count). The van der Waals surface area contributed by atoms with Crippen LogP contribution < -0.4 is 15.0 Å². The minimum absolute atomic E-state index is 0.112. The highest BCUT2D eigenvalue weighted by Crippen LogP contribution is 2.35. The number of H-pyrrole nitrogens is 1. The number of aromatic nitrogens is 1. The number of aryl methyl sites for hydroxylation is 1. The van der Waals surface area contributed by atoms with Gasteiger partial charge in [0.2, 0.25) is 0 Å². The van der Waals surface area contributed by atoms with E-state index in [9.17, 15) is 18.0 Å². The lowest BCUT2D eigenvalue weighted by Crippen LogP contribution is -2.07. The molecule has 0 radical (unpaired) electrons. The van der Waals surface area contributed by atoms with Crippen LogP contribution in [0.3, 0.4) is 0 Å². The van der Waals surface area contributed by atoms with Crippen LogP contribution in [0, 0.1) is 6.92 Å². The second-order valence-corrected chi connectivity index (χ2v) is 5.90. The van der Waals surface area contributed by atoms with E-state index in [0.717, 1.165) is 11.6 Å². The summed E-state index contributed by atoms with van der Waals surface area (Å²) in [5.74, 6) is 0.964. The lowest BCUT2D eigenvalue weighted by atomic mass is 10.1. The van der Waals surface area contributed by atoms with Crippen LogP contribution >= 0.6 is 0 Å². The fourth-order valence-corrected chi connectivity index (χ4v) is 2.44. The van der Waals surface area contributed by atoms with Gasteiger partial charge in [-0.3, -0.25) is 4.79 Å². The average Bonchev–Trinajstić information content (AvgIpc) is 2.62. The Balaban J connectivity index is 1.66. The van der Waals surface area contributed by atoms with E-state index >= 15 is 0 Å². The van der Waals surface area contributed by atoms with Crippen molar-refractivity contribution in [3.05, 3.63) is 87.8 Å². The third kappa shape index (κ3) is 4.91. The number of ether oxygens (including phenoxy) is 2. The molecular weight excluding hydrogens is 359 g/mol. The molecule has 4 nitrogen and oxygen atoms in total. The molecule has 2 aromatic carbocycles. The molecule has 0 aliphatic heterocycles. The van der Waals surface area contributed by atoms with Crippen LogP contribution in [0.4, 0.5) is 13.2 Å². The van der Waals surface area contributed by atoms with Gasteiger partial charge in [-0.2, -0.15) is 13.2 Å². The maximum atomic E-state index is 13.0. The minimum atomic E-state index is -4.43. The smallest absolute Gasteiger partial charge is 0.416 e. The normalized spacial score (nSPS) is 11.3. The zero-order valence-electron chi connectivity index (χ0n) is 14.3. The van der Waals surface area contributed by atoms with Crippen molar-refractivity contribution in [1.82, 2.24) is 4.98 Å². The molecule has 0 atom stereocenters. The van der Waals surface area contributed by atoms with E-state index in [0.29, 0.717) is 11.5 Å². The summed E-state index contributed by atoms with van der Waals surface area (Å²) in [6.45, 7) is 1.65. The molecule has 1 heterocycles. The van der Waals surface area contributed by atoms with Gasteiger partial charge in [0.25, 0.3) is 5.56 Å². The molecule has 1 aromatic heterocycles. The van der Waals surface area contributed by atoms with Crippen molar-refractivity contribution in [2.24, 2.45) is 0 Å². The summed E-state index contributed by atoms with van der Waals surface area (Å²) in [6, 6.07) is 13.6. The van der Waals surface area contributed by atoms with Gasteiger partial charge >= 0.3 is 6.18 Å². The summed E-state index contributed by atoms with van der Waals surface area (Å²) in [7, 11) is 0. The van der Waals surface area contributed by atoms with E-state index in [2.05, 4.69) is 4.98 Å². The van der Waals surface area contributed by atoms with Crippen LogP contribution in [0.1, 0.15) is 16.7 Å². The topological polar surface area (TPSA) is 51.3 Å². The first-order valence-corrected chi connectivity index (χ1v) is 8.07. The number of alkyl halides is 3. The van der Waals surface area contributed by atoms with Crippen molar-refractivity contribution in [1.29, 1.82) is 0 Å². The van der Waals surface area contributed by atoms with E-state index in [1.54, 1.807) is 30.3 Å². The van der Waals surface area contributed by atoms with Crippen molar-refractivity contribution in [2.45, 2.75) is 19.7 Å². The van der Waals surface area contributed by atoms with Gasteiger partial charge in [-0.05, 0) is 48.4 Å². The zero-order chi connectivity index (χ0) is 19.4. The number of pyridine rings is 1. The number of hydrogen-bond donors (Lipinski definition) is 1. The molecule has 0 spiro atoms. The minimum Gasteiger partial charge on any atom is -0.489 e. The maximum absolute atomic E-state index is 13.0. The van der Waals surface area contributed by atoms with Gasteiger partial charge in [-0.25, -0.2) is 0 Å². The first kappa shape index (κ1) is 18.6. The summed E-state index contributed by atoms with van der Waals surface area (Å²) < 4.78 is 50.0. The van der Waals surface area contributed by atoms with Crippen LogP contribution in [0.25, 0.3) is 0 Å². The van der Waals surface area contributed by atoms with E-state index < -0.39 is 11.7 Å². The molecule has 1 N–H and O–H groups in total.